The minimum Gasteiger partial charge on any atom is -0.452 e. The largest absolute Gasteiger partial charge is 0.452 e. The van der Waals surface area contributed by atoms with E-state index in [1.165, 1.54) is 28.6 Å². The van der Waals surface area contributed by atoms with Gasteiger partial charge in [-0.25, -0.2) is 13.2 Å². The first kappa shape index (κ1) is 22.4. The summed E-state index contributed by atoms with van der Waals surface area (Å²) in [6.45, 7) is 4.61. The summed E-state index contributed by atoms with van der Waals surface area (Å²) < 4.78 is 32.0. The van der Waals surface area contributed by atoms with Crippen molar-refractivity contribution in [1.29, 1.82) is 0 Å². The van der Waals surface area contributed by atoms with Gasteiger partial charge in [0.15, 0.2) is 6.61 Å². The van der Waals surface area contributed by atoms with E-state index >= 15 is 0 Å². The second-order valence-corrected chi connectivity index (χ2v) is 9.11. The number of carbonyl (C=O) groups is 2. The zero-order valence-electron chi connectivity index (χ0n) is 16.6. The molecule has 7 nitrogen and oxygen atoms in total. The third kappa shape index (κ3) is 6.31. The predicted molar refractivity (Wildman–Crippen MR) is 106 cm³/mol. The number of ether oxygens (including phenoxy) is 1. The summed E-state index contributed by atoms with van der Waals surface area (Å²) in [5.41, 5.74) is 0.212. The van der Waals surface area contributed by atoms with E-state index < -0.39 is 16.0 Å². The molecule has 0 aromatic heterocycles. The van der Waals surface area contributed by atoms with E-state index in [-0.39, 0.29) is 29.0 Å². The van der Waals surface area contributed by atoms with Crippen molar-refractivity contribution in [2.24, 2.45) is 0 Å². The van der Waals surface area contributed by atoms with Crippen molar-refractivity contribution in [3.8, 4) is 0 Å². The van der Waals surface area contributed by atoms with Crippen molar-refractivity contribution in [2.45, 2.75) is 63.3 Å². The van der Waals surface area contributed by atoms with Gasteiger partial charge in [-0.05, 0) is 50.5 Å². The third-order valence-corrected chi connectivity index (χ3v) is 6.67. The van der Waals surface area contributed by atoms with Crippen LogP contribution in [0.2, 0.25) is 0 Å². The molecule has 2 rings (SSSR count). The Morgan fingerprint density at radius 2 is 1.71 bits per heavy atom. The molecule has 1 atom stereocenters. The molecule has 0 bridgehead atoms. The molecule has 1 fully saturated rings. The fraction of sp³-hybridized carbons (Fsp3) is 0.600. The molecule has 1 heterocycles. The Morgan fingerprint density at radius 1 is 1.11 bits per heavy atom. The minimum absolute atomic E-state index is 0.0275. The highest BCUT2D eigenvalue weighted by Gasteiger charge is 2.25. The molecular formula is C20H30N2O5S. The van der Waals surface area contributed by atoms with E-state index in [0.717, 1.165) is 38.5 Å². The highest BCUT2D eigenvalue weighted by molar-refractivity contribution is 7.89. The Kier molecular flexibility index (Phi) is 8.44. The summed E-state index contributed by atoms with van der Waals surface area (Å²) in [5, 5.41) is 2.76. The van der Waals surface area contributed by atoms with Crippen molar-refractivity contribution in [3.05, 3.63) is 29.8 Å². The lowest BCUT2D eigenvalue weighted by Crippen LogP contribution is -2.35. The van der Waals surface area contributed by atoms with Crippen molar-refractivity contribution in [1.82, 2.24) is 9.62 Å². The molecule has 156 valence electrons. The summed E-state index contributed by atoms with van der Waals surface area (Å²) in [6.07, 6.45) is 5.62. The maximum Gasteiger partial charge on any atom is 0.338 e. The second-order valence-electron chi connectivity index (χ2n) is 7.18. The maximum atomic E-state index is 12.7. The average Bonchev–Trinajstić information content (AvgIpc) is 2.96. The highest BCUT2D eigenvalue weighted by atomic mass is 32.2. The van der Waals surface area contributed by atoms with Crippen LogP contribution in [-0.2, 0) is 19.6 Å². The van der Waals surface area contributed by atoms with E-state index in [4.69, 9.17) is 4.74 Å². The SMILES string of the molecule is CCC[C@@H](C)NC(=O)COC(=O)c1ccc(S(=O)(=O)N2CCCCCC2)cc1. The van der Waals surface area contributed by atoms with Gasteiger partial charge >= 0.3 is 5.97 Å². The first-order valence-corrected chi connectivity index (χ1v) is 11.3. The number of rotatable bonds is 8. The van der Waals surface area contributed by atoms with Gasteiger partial charge < -0.3 is 10.1 Å². The van der Waals surface area contributed by atoms with Crippen LogP contribution in [0.25, 0.3) is 0 Å². The van der Waals surface area contributed by atoms with E-state index in [2.05, 4.69) is 5.32 Å². The molecule has 1 N–H and O–H groups in total. The number of benzene rings is 1. The van der Waals surface area contributed by atoms with Crippen LogP contribution in [0.5, 0.6) is 0 Å². The summed E-state index contributed by atoms with van der Waals surface area (Å²) in [4.78, 5) is 24.1. The maximum absolute atomic E-state index is 12.7. The Balaban J connectivity index is 1.94. The second kappa shape index (κ2) is 10.6. The topological polar surface area (TPSA) is 92.8 Å². The molecule has 0 saturated carbocycles. The smallest absolute Gasteiger partial charge is 0.338 e. The molecule has 0 unspecified atom stereocenters. The Labute approximate surface area is 167 Å². The predicted octanol–water partition coefficient (Wildman–Crippen LogP) is 2.71. The molecule has 1 aromatic rings. The molecule has 1 aliphatic heterocycles. The van der Waals surface area contributed by atoms with Gasteiger partial charge in [0.25, 0.3) is 5.91 Å². The molecule has 1 aliphatic rings. The van der Waals surface area contributed by atoms with Gasteiger partial charge in [-0.3, -0.25) is 4.79 Å². The standard InChI is InChI=1S/C20H30N2O5S/c1-3-8-16(2)21-19(23)15-27-20(24)17-9-11-18(12-10-17)28(25,26)22-13-6-4-5-7-14-22/h9-12,16H,3-8,13-15H2,1-2H3,(H,21,23)/t16-/m1/s1. The quantitative estimate of drug-likeness (QED) is 0.665. The molecule has 1 amide bonds. The van der Waals surface area contributed by atoms with E-state index in [1.54, 1.807) is 0 Å². The molecule has 8 heteroatoms. The molecule has 28 heavy (non-hydrogen) atoms. The fourth-order valence-electron chi connectivity index (χ4n) is 3.23. The summed E-state index contributed by atoms with van der Waals surface area (Å²) in [5.74, 6) is -1.01. The van der Waals surface area contributed by atoms with Gasteiger partial charge in [0.1, 0.15) is 0 Å². The van der Waals surface area contributed by atoms with Gasteiger partial charge in [0.2, 0.25) is 10.0 Å². The number of amides is 1. The first-order valence-electron chi connectivity index (χ1n) is 9.91. The van der Waals surface area contributed by atoms with Crippen LogP contribution in [0.3, 0.4) is 0 Å². The number of hydrogen-bond acceptors (Lipinski definition) is 5. The van der Waals surface area contributed by atoms with Crippen molar-refractivity contribution in [3.63, 3.8) is 0 Å². The molecule has 1 saturated heterocycles. The average molecular weight is 411 g/mol. The number of nitrogens with one attached hydrogen (secondary N) is 1. The molecule has 0 radical (unpaired) electrons. The third-order valence-electron chi connectivity index (χ3n) is 4.76. The summed E-state index contributed by atoms with van der Waals surface area (Å²) in [7, 11) is -3.56. The van der Waals surface area contributed by atoms with E-state index in [0.29, 0.717) is 13.1 Å². The van der Waals surface area contributed by atoms with Crippen LogP contribution >= 0.6 is 0 Å². The Bertz CT molecular complexity index is 753. The van der Waals surface area contributed by atoms with Crippen LogP contribution < -0.4 is 5.32 Å². The van der Waals surface area contributed by atoms with Gasteiger partial charge in [-0.2, -0.15) is 4.31 Å². The molecule has 0 aliphatic carbocycles. The number of nitrogens with zero attached hydrogens (tertiary/aromatic N) is 1. The van der Waals surface area contributed by atoms with Crippen molar-refractivity contribution < 1.29 is 22.7 Å². The number of hydrogen-bond donors (Lipinski definition) is 1. The molecular weight excluding hydrogens is 380 g/mol. The lowest BCUT2D eigenvalue weighted by Gasteiger charge is -2.20. The lowest BCUT2D eigenvalue weighted by atomic mass is 10.2. The molecule has 1 aromatic carbocycles. The van der Waals surface area contributed by atoms with Crippen molar-refractivity contribution >= 4 is 21.9 Å². The van der Waals surface area contributed by atoms with Crippen LogP contribution in [0.4, 0.5) is 0 Å². The van der Waals surface area contributed by atoms with Crippen LogP contribution in [-0.4, -0.2) is 50.3 Å². The van der Waals surface area contributed by atoms with Gasteiger partial charge in [0.05, 0.1) is 10.5 Å². The van der Waals surface area contributed by atoms with Crippen molar-refractivity contribution in [2.75, 3.05) is 19.7 Å². The molecule has 0 spiro atoms. The summed E-state index contributed by atoms with van der Waals surface area (Å²) >= 11 is 0. The van der Waals surface area contributed by atoms with Gasteiger partial charge in [-0.1, -0.05) is 26.2 Å². The van der Waals surface area contributed by atoms with Gasteiger partial charge in [0, 0.05) is 19.1 Å². The zero-order valence-corrected chi connectivity index (χ0v) is 17.5. The fourth-order valence-corrected chi connectivity index (χ4v) is 4.75. The number of esters is 1. The summed E-state index contributed by atoms with van der Waals surface area (Å²) in [6, 6.07) is 5.70. The van der Waals surface area contributed by atoms with Crippen LogP contribution in [0.1, 0.15) is 62.7 Å². The van der Waals surface area contributed by atoms with Gasteiger partial charge in [-0.15, -0.1) is 0 Å². The normalized spacial score (nSPS) is 16.8. The van der Waals surface area contributed by atoms with Crippen LogP contribution in [0.15, 0.2) is 29.2 Å². The number of sulfonamides is 1. The van der Waals surface area contributed by atoms with E-state index in [1.807, 2.05) is 13.8 Å². The first-order chi connectivity index (χ1) is 13.3. The highest BCUT2D eigenvalue weighted by Crippen LogP contribution is 2.20. The monoisotopic (exact) mass is 410 g/mol. The lowest BCUT2D eigenvalue weighted by molar-refractivity contribution is -0.124. The zero-order chi connectivity index (χ0) is 20.6. The van der Waals surface area contributed by atoms with Crippen LogP contribution in [0, 0.1) is 0 Å². The van der Waals surface area contributed by atoms with E-state index in [9.17, 15) is 18.0 Å². The Morgan fingerprint density at radius 3 is 2.29 bits per heavy atom. The Hall–Kier alpha value is -1.93. The number of carbonyl (C=O) groups excluding carboxylic acids is 2. The minimum atomic E-state index is -3.56.